The van der Waals surface area contributed by atoms with Gasteiger partial charge in [0.1, 0.15) is 11.5 Å². The number of sulfonamides is 1. The van der Waals surface area contributed by atoms with Crippen LogP contribution >= 0.6 is 0 Å². The van der Waals surface area contributed by atoms with Crippen LogP contribution in [-0.2, 0) is 10.0 Å². The van der Waals surface area contributed by atoms with E-state index in [0.717, 1.165) is 37.2 Å². The fraction of sp³-hybridized carbons (Fsp3) is 0.368. The largest absolute Gasteiger partial charge is 0.457 e. The Bertz CT molecular complexity index is 798. The highest BCUT2D eigenvalue weighted by molar-refractivity contribution is 7.89. The molecule has 0 aromatic heterocycles. The van der Waals surface area contributed by atoms with Crippen molar-refractivity contribution in [3.8, 4) is 11.5 Å². The molecule has 1 fully saturated rings. The minimum Gasteiger partial charge on any atom is -0.457 e. The molecule has 0 aliphatic carbocycles. The van der Waals surface area contributed by atoms with Crippen LogP contribution in [0.5, 0.6) is 11.5 Å². The summed E-state index contributed by atoms with van der Waals surface area (Å²) in [6, 6.07) is 14.2. The third-order valence-corrected chi connectivity index (χ3v) is 5.84. The zero-order chi connectivity index (χ0) is 17.7. The van der Waals surface area contributed by atoms with E-state index in [0.29, 0.717) is 18.2 Å². The Morgan fingerprint density at radius 1 is 1.16 bits per heavy atom. The summed E-state index contributed by atoms with van der Waals surface area (Å²) in [6.45, 7) is 4.47. The van der Waals surface area contributed by atoms with Gasteiger partial charge in [-0.15, -0.1) is 0 Å². The van der Waals surface area contributed by atoms with Crippen molar-refractivity contribution in [1.82, 2.24) is 10.0 Å². The number of hydrogen-bond acceptors (Lipinski definition) is 4. The molecule has 0 saturated carbocycles. The SMILES string of the molecule is Cc1cccc(Oc2ccc(S(=O)(=O)NCCC3CCNC3)cc2)c1. The molecule has 0 bridgehead atoms. The molecule has 1 heterocycles. The van der Waals surface area contributed by atoms with Gasteiger partial charge >= 0.3 is 0 Å². The Kier molecular flexibility index (Phi) is 5.73. The molecular weight excluding hydrogens is 336 g/mol. The quantitative estimate of drug-likeness (QED) is 0.796. The second kappa shape index (κ2) is 7.99. The average molecular weight is 360 g/mol. The lowest BCUT2D eigenvalue weighted by molar-refractivity contribution is 0.481. The molecule has 6 heteroatoms. The van der Waals surface area contributed by atoms with Crippen molar-refractivity contribution in [3.05, 3.63) is 54.1 Å². The Hall–Kier alpha value is -1.89. The van der Waals surface area contributed by atoms with Gasteiger partial charge in [0, 0.05) is 6.54 Å². The van der Waals surface area contributed by atoms with Gasteiger partial charge in [0.05, 0.1) is 4.90 Å². The third kappa shape index (κ3) is 5.04. The number of rotatable bonds is 7. The predicted molar refractivity (Wildman–Crippen MR) is 98.5 cm³/mol. The molecule has 1 atom stereocenters. The lowest BCUT2D eigenvalue weighted by Gasteiger charge is -2.11. The maximum atomic E-state index is 12.4. The molecule has 134 valence electrons. The maximum Gasteiger partial charge on any atom is 0.240 e. The Morgan fingerprint density at radius 2 is 1.96 bits per heavy atom. The first-order chi connectivity index (χ1) is 12.0. The third-order valence-electron chi connectivity index (χ3n) is 4.37. The van der Waals surface area contributed by atoms with E-state index in [1.54, 1.807) is 24.3 Å². The van der Waals surface area contributed by atoms with Crippen molar-refractivity contribution in [2.45, 2.75) is 24.7 Å². The highest BCUT2D eigenvalue weighted by Crippen LogP contribution is 2.23. The number of hydrogen-bond donors (Lipinski definition) is 2. The van der Waals surface area contributed by atoms with Gasteiger partial charge in [0.25, 0.3) is 0 Å². The first-order valence-electron chi connectivity index (χ1n) is 8.58. The van der Waals surface area contributed by atoms with E-state index in [1.165, 1.54) is 0 Å². The van der Waals surface area contributed by atoms with Gasteiger partial charge in [-0.05, 0) is 80.7 Å². The lowest BCUT2D eigenvalue weighted by atomic mass is 10.1. The van der Waals surface area contributed by atoms with Crippen molar-refractivity contribution in [2.24, 2.45) is 5.92 Å². The van der Waals surface area contributed by atoms with Crippen LogP contribution in [0.4, 0.5) is 0 Å². The van der Waals surface area contributed by atoms with E-state index in [-0.39, 0.29) is 4.90 Å². The van der Waals surface area contributed by atoms with Gasteiger partial charge in [-0.3, -0.25) is 0 Å². The van der Waals surface area contributed by atoms with Crippen molar-refractivity contribution >= 4 is 10.0 Å². The normalized spacial score (nSPS) is 17.6. The molecule has 1 aliphatic heterocycles. The Labute approximate surface area is 149 Å². The zero-order valence-corrected chi connectivity index (χ0v) is 15.2. The molecule has 0 amide bonds. The van der Waals surface area contributed by atoms with E-state index in [4.69, 9.17) is 4.74 Å². The summed E-state index contributed by atoms with van der Waals surface area (Å²) < 4.78 is 33.1. The van der Waals surface area contributed by atoms with Crippen LogP contribution < -0.4 is 14.8 Å². The Balaban J connectivity index is 1.58. The molecule has 25 heavy (non-hydrogen) atoms. The summed E-state index contributed by atoms with van der Waals surface area (Å²) in [4.78, 5) is 0.258. The zero-order valence-electron chi connectivity index (χ0n) is 14.4. The van der Waals surface area contributed by atoms with Crippen molar-refractivity contribution < 1.29 is 13.2 Å². The summed E-state index contributed by atoms with van der Waals surface area (Å²) in [5.74, 6) is 1.91. The minimum atomic E-state index is -3.47. The maximum absolute atomic E-state index is 12.4. The highest BCUT2D eigenvalue weighted by Gasteiger charge is 2.17. The molecule has 1 aliphatic rings. The molecule has 0 radical (unpaired) electrons. The van der Waals surface area contributed by atoms with Crippen molar-refractivity contribution in [2.75, 3.05) is 19.6 Å². The summed E-state index contributed by atoms with van der Waals surface area (Å²) in [7, 11) is -3.47. The fourth-order valence-corrected chi connectivity index (χ4v) is 3.99. The molecule has 1 unspecified atom stereocenters. The second-order valence-corrected chi connectivity index (χ2v) is 8.20. The lowest BCUT2D eigenvalue weighted by Crippen LogP contribution is -2.26. The van der Waals surface area contributed by atoms with E-state index in [1.807, 2.05) is 31.2 Å². The van der Waals surface area contributed by atoms with Gasteiger partial charge in [-0.2, -0.15) is 0 Å². The first kappa shape index (κ1) is 17.9. The predicted octanol–water partition coefficient (Wildman–Crippen LogP) is 3.07. The standard InChI is InChI=1S/C19H24N2O3S/c1-15-3-2-4-18(13-15)24-17-5-7-19(8-6-17)25(22,23)21-12-10-16-9-11-20-14-16/h2-8,13,16,20-21H,9-12,14H2,1H3. The van der Waals surface area contributed by atoms with Crippen LogP contribution in [0.15, 0.2) is 53.4 Å². The molecular formula is C19H24N2O3S. The van der Waals surface area contributed by atoms with Crippen LogP contribution in [0.25, 0.3) is 0 Å². The number of ether oxygens (including phenoxy) is 1. The molecule has 2 aromatic carbocycles. The Morgan fingerprint density at radius 3 is 2.64 bits per heavy atom. The highest BCUT2D eigenvalue weighted by atomic mass is 32.2. The van der Waals surface area contributed by atoms with Crippen LogP contribution in [-0.4, -0.2) is 28.1 Å². The summed E-state index contributed by atoms with van der Waals surface area (Å²) >= 11 is 0. The minimum absolute atomic E-state index is 0.258. The molecule has 2 N–H and O–H groups in total. The van der Waals surface area contributed by atoms with Crippen LogP contribution in [0.1, 0.15) is 18.4 Å². The van der Waals surface area contributed by atoms with Crippen molar-refractivity contribution in [3.63, 3.8) is 0 Å². The van der Waals surface area contributed by atoms with Crippen LogP contribution in [0.3, 0.4) is 0 Å². The van der Waals surface area contributed by atoms with E-state index < -0.39 is 10.0 Å². The van der Waals surface area contributed by atoms with E-state index >= 15 is 0 Å². The van der Waals surface area contributed by atoms with Crippen LogP contribution in [0.2, 0.25) is 0 Å². The summed E-state index contributed by atoms with van der Waals surface area (Å²) in [5.41, 5.74) is 1.11. The van der Waals surface area contributed by atoms with E-state index in [9.17, 15) is 8.42 Å². The van der Waals surface area contributed by atoms with Crippen molar-refractivity contribution in [1.29, 1.82) is 0 Å². The van der Waals surface area contributed by atoms with Gasteiger partial charge in [-0.25, -0.2) is 13.1 Å². The molecule has 2 aromatic rings. The molecule has 1 saturated heterocycles. The molecule has 5 nitrogen and oxygen atoms in total. The molecule has 0 spiro atoms. The van der Waals surface area contributed by atoms with Gasteiger partial charge in [0.15, 0.2) is 0 Å². The second-order valence-electron chi connectivity index (χ2n) is 6.44. The molecule has 3 rings (SSSR count). The smallest absolute Gasteiger partial charge is 0.240 e. The number of nitrogens with one attached hydrogen (secondary N) is 2. The average Bonchev–Trinajstić information content (AvgIpc) is 3.09. The number of benzene rings is 2. The van der Waals surface area contributed by atoms with Gasteiger partial charge in [0.2, 0.25) is 10.0 Å². The fourth-order valence-electron chi connectivity index (χ4n) is 2.94. The van der Waals surface area contributed by atoms with E-state index in [2.05, 4.69) is 10.0 Å². The summed E-state index contributed by atoms with van der Waals surface area (Å²) in [5, 5.41) is 3.29. The monoisotopic (exact) mass is 360 g/mol. The van der Waals surface area contributed by atoms with Gasteiger partial charge in [-0.1, -0.05) is 12.1 Å². The van der Waals surface area contributed by atoms with Crippen LogP contribution in [0, 0.1) is 12.8 Å². The summed E-state index contributed by atoms with van der Waals surface area (Å²) in [6.07, 6.45) is 1.98. The topological polar surface area (TPSA) is 67.4 Å². The first-order valence-corrected chi connectivity index (χ1v) is 10.1. The number of aryl methyl sites for hydroxylation is 1. The van der Waals surface area contributed by atoms with Gasteiger partial charge < -0.3 is 10.1 Å².